The first-order valence-corrected chi connectivity index (χ1v) is 25.8. The summed E-state index contributed by atoms with van der Waals surface area (Å²) in [6.45, 7) is 6.85. The third kappa shape index (κ3) is 36.0. The normalized spacial score (nSPS) is 11.8. The summed E-state index contributed by atoms with van der Waals surface area (Å²) < 4.78 is 0. The summed E-state index contributed by atoms with van der Waals surface area (Å²) >= 11 is 0. The number of hydrogen-bond donors (Lipinski definition) is 1. The van der Waals surface area contributed by atoms with Crippen molar-refractivity contribution in [3.05, 3.63) is 0 Å². The second-order valence-electron chi connectivity index (χ2n) is 18.2. The Morgan fingerprint density at radius 3 is 0.673 bits per heavy atom. The second-order valence-corrected chi connectivity index (χ2v) is 18.2. The molecule has 55 heavy (non-hydrogen) atoms. The van der Waals surface area contributed by atoms with Crippen molar-refractivity contribution >= 4 is 11.8 Å². The van der Waals surface area contributed by atoms with Gasteiger partial charge in [0.1, 0.15) is 11.2 Å². The number of aliphatic carboxylic acids is 1. The summed E-state index contributed by atoms with van der Waals surface area (Å²) in [6, 6.07) is 0. The Morgan fingerprint density at radius 2 is 0.473 bits per heavy atom. The molecule has 0 saturated carbocycles. The highest BCUT2D eigenvalue weighted by Gasteiger charge is 2.43. The van der Waals surface area contributed by atoms with Crippen molar-refractivity contribution in [2.45, 2.75) is 316 Å². The second kappa shape index (κ2) is 44.2. The number of rotatable bonds is 48. The van der Waals surface area contributed by atoms with Gasteiger partial charge in [-0.3, -0.25) is 9.59 Å². The molecule has 0 aromatic heterocycles. The molecular formula is C52H102O3. The molecule has 0 radical (unpaired) electrons. The number of carboxylic acid groups (broad SMARTS) is 1. The van der Waals surface area contributed by atoms with Crippen LogP contribution in [0.3, 0.4) is 0 Å². The molecule has 1 N–H and O–H groups in total. The molecule has 0 aromatic rings. The molecule has 328 valence electrons. The Balaban J connectivity index is 4.48. The molecule has 0 unspecified atom stereocenters. The highest BCUT2D eigenvalue weighted by atomic mass is 16.4. The molecule has 0 aliphatic heterocycles. The van der Waals surface area contributed by atoms with E-state index in [2.05, 4.69) is 20.8 Å². The van der Waals surface area contributed by atoms with Crippen LogP contribution in [-0.4, -0.2) is 16.9 Å². The summed E-state index contributed by atoms with van der Waals surface area (Å²) in [5.74, 6) is -0.790. The number of carboxylic acids is 1. The van der Waals surface area contributed by atoms with E-state index in [1.54, 1.807) is 0 Å². The Kier molecular flexibility index (Phi) is 43.6. The van der Waals surface area contributed by atoms with E-state index in [1.165, 1.54) is 238 Å². The van der Waals surface area contributed by atoms with Crippen LogP contribution < -0.4 is 0 Å². The first-order valence-electron chi connectivity index (χ1n) is 25.8. The van der Waals surface area contributed by atoms with Crippen LogP contribution in [0.25, 0.3) is 0 Å². The highest BCUT2D eigenvalue weighted by molar-refractivity contribution is 6.03. The minimum atomic E-state index is -1.15. The predicted molar refractivity (Wildman–Crippen MR) is 244 cm³/mol. The van der Waals surface area contributed by atoms with E-state index < -0.39 is 11.4 Å². The van der Waals surface area contributed by atoms with Gasteiger partial charge in [-0.2, -0.15) is 0 Å². The monoisotopic (exact) mass is 775 g/mol. The fraction of sp³-hybridized carbons (Fsp3) is 0.962. The number of unbranched alkanes of at least 4 members (excludes halogenated alkanes) is 40. The van der Waals surface area contributed by atoms with Crippen molar-refractivity contribution < 1.29 is 14.7 Å². The van der Waals surface area contributed by atoms with Gasteiger partial charge in [0.2, 0.25) is 0 Å². The zero-order valence-electron chi connectivity index (χ0n) is 38.3. The lowest BCUT2D eigenvalue weighted by molar-refractivity contribution is -0.156. The molecule has 0 rings (SSSR count). The Bertz CT molecular complexity index is 743. The number of ketones is 1. The third-order valence-corrected chi connectivity index (χ3v) is 12.9. The fourth-order valence-electron chi connectivity index (χ4n) is 8.88. The van der Waals surface area contributed by atoms with E-state index in [1.807, 2.05) is 0 Å². The molecule has 0 spiro atoms. The average Bonchev–Trinajstić information content (AvgIpc) is 3.18. The molecule has 0 bridgehead atoms. The zero-order chi connectivity index (χ0) is 40.2. The van der Waals surface area contributed by atoms with Gasteiger partial charge < -0.3 is 5.11 Å². The summed E-state index contributed by atoms with van der Waals surface area (Å²) in [5.41, 5.74) is -1.15. The molecule has 0 atom stereocenters. The van der Waals surface area contributed by atoms with Crippen LogP contribution in [0, 0.1) is 5.41 Å². The van der Waals surface area contributed by atoms with E-state index in [4.69, 9.17) is 0 Å². The van der Waals surface area contributed by atoms with Gasteiger partial charge in [-0.25, -0.2) is 0 Å². The van der Waals surface area contributed by atoms with Gasteiger partial charge in [0, 0.05) is 6.42 Å². The van der Waals surface area contributed by atoms with E-state index in [-0.39, 0.29) is 5.78 Å². The minimum absolute atomic E-state index is 0.0408. The van der Waals surface area contributed by atoms with Gasteiger partial charge in [0.25, 0.3) is 0 Å². The minimum Gasteiger partial charge on any atom is -0.480 e. The van der Waals surface area contributed by atoms with Gasteiger partial charge in [0.15, 0.2) is 0 Å². The molecular weight excluding hydrogens is 673 g/mol. The summed E-state index contributed by atoms with van der Waals surface area (Å²) in [4.78, 5) is 26.7. The first kappa shape index (κ1) is 54.1. The van der Waals surface area contributed by atoms with Gasteiger partial charge in [-0.15, -0.1) is 0 Å². The highest BCUT2D eigenvalue weighted by Crippen LogP contribution is 2.36. The summed E-state index contributed by atoms with van der Waals surface area (Å²) in [6.07, 6.45) is 57.3. The van der Waals surface area contributed by atoms with Crippen molar-refractivity contribution in [1.82, 2.24) is 0 Å². The van der Waals surface area contributed by atoms with Crippen LogP contribution in [0.1, 0.15) is 316 Å². The fourth-order valence-corrected chi connectivity index (χ4v) is 8.88. The van der Waals surface area contributed by atoms with Crippen LogP contribution in [0.15, 0.2) is 0 Å². The molecule has 0 aliphatic carbocycles. The van der Waals surface area contributed by atoms with Crippen molar-refractivity contribution in [2.24, 2.45) is 5.41 Å². The number of Topliss-reactive ketones (excluding diaryl/α,β-unsaturated/α-hetero) is 1. The topological polar surface area (TPSA) is 54.4 Å². The molecule has 3 nitrogen and oxygen atoms in total. The van der Waals surface area contributed by atoms with Crippen LogP contribution in [-0.2, 0) is 9.59 Å². The summed E-state index contributed by atoms with van der Waals surface area (Å²) in [5, 5.41) is 10.6. The van der Waals surface area contributed by atoms with E-state index in [9.17, 15) is 14.7 Å². The van der Waals surface area contributed by atoms with E-state index in [0.29, 0.717) is 19.3 Å². The maximum Gasteiger partial charge on any atom is 0.317 e. The predicted octanol–water partition coefficient (Wildman–Crippen LogP) is 18.6. The lowest BCUT2D eigenvalue weighted by atomic mass is 9.73. The zero-order valence-corrected chi connectivity index (χ0v) is 38.3. The smallest absolute Gasteiger partial charge is 0.317 e. The van der Waals surface area contributed by atoms with Gasteiger partial charge in [-0.1, -0.05) is 290 Å². The van der Waals surface area contributed by atoms with Crippen LogP contribution in [0.5, 0.6) is 0 Å². The molecule has 0 aliphatic rings. The van der Waals surface area contributed by atoms with Crippen LogP contribution >= 0.6 is 0 Å². The average molecular weight is 775 g/mol. The van der Waals surface area contributed by atoms with Crippen LogP contribution in [0.4, 0.5) is 0 Å². The lowest BCUT2D eigenvalue weighted by Crippen LogP contribution is -2.39. The Hall–Kier alpha value is -0.860. The van der Waals surface area contributed by atoms with Crippen molar-refractivity contribution in [3.63, 3.8) is 0 Å². The number of carbonyl (C=O) groups excluding carboxylic acids is 1. The van der Waals surface area contributed by atoms with Crippen LogP contribution in [0.2, 0.25) is 0 Å². The van der Waals surface area contributed by atoms with Crippen molar-refractivity contribution in [2.75, 3.05) is 0 Å². The van der Waals surface area contributed by atoms with E-state index in [0.717, 1.165) is 38.5 Å². The van der Waals surface area contributed by atoms with Gasteiger partial charge in [-0.05, 0) is 19.3 Å². The Morgan fingerprint density at radius 1 is 0.291 bits per heavy atom. The molecule has 0 amide bonds. The standard InChI is InChI=1S/C52H102O3/c1-4-7-10-13-16-19-22-25-28-29-32-35-38-41-44-47-50(53)52(51(54)55,48-45-42-39-36-33-30-26-23-20-17-14-11-8-5-2)49-46-43-40-37-34-31-27-24-21-18-15-12-9-6-3/h4-49H2,1-3H3,(H,54,55). The Labute approximate surface area is 346 Å². The molecule has 0 aromatic carbocycles. The lowest BCUT2D eigenvalue weighted by Gasteiger charge is -2.28. The van der Waals surface area contributed by atoms with Crippen molar-refractivity contribution in [3.8, 4) is 0 Å². The van der Waals surface area contributed by atoms with Gasteiger partial charge >= 0.3 is 5.97 Å². The largest absolute Gasteiger partial charge is 0.480 e. The first-order chi connectivity index (χ1) is 27.0. The molecule has 3 heteroatoms. The SMILES string of the molecule is CCCCCCCCCCCCCCCCCC(=O)C(CCCCCCCCCCCCCCCC)(CCCCCCCCCCCCCCCC)C(=O)O. The molecule has 0 saturated heterocycles. The van der Waals surface area contributed by atoms with E-state index >= 15 is 0 Å². The number of carbonyl (C=O) groups is 2. The summed E-state index contributed by atoms with van der Waals surface area (Å²) in [7, 11) is 0. The molecule has 0 heterocycles. The number of hydrogen-bond acceptors (Lipinski definition) is 2. The maximum absolute atomic E-state index is 13.8. The van der Waals surface area contributed by atoms with Gasteiger partial charge in [0.05, 0.1) is 0 Å². The third-order valence-electron chi connectivity index (χ3n) is 12.9. The quantitative estimate of drug-likeness (QED) is 0.0495. The van der Waals surface area contributed by atoms with Crippen molar-refractivity contribution in [1.29, 1.82) is 0 Å². The maximum atomic E-state index is 13.8. The molecule has 0 fully saturated rings.